The number of amides is 2. The lowest BCUT2D eigenvalue weighted by atomic mass is 10.2. The third-order valence-corrected chi connectivity index (χ3v) is 7.67. The Morgan fingerprint density at radius 3 is 2.83 bits per heavy atom. The summed E-state index contributed by atoms with van der Waals surface area (Å²) in [6.07, 6.45) is 9.17. The minimum Gasteiger partial charge on any atom is -0.373 e. The normalized spacial score (nSPS) is 15.8. The van der Waals surface area contributed by atoms with Gasteiger partial charge in [-0.25, -0.2) is 4.52 Å². The van der Waals surface area contributed by atoms with Crippen LogP contribution in [0.4, 0.5) is 11.4 Å². The molecule has 36 heavy (non-hydrogen) atoms. The molecular formula is C24H26N8O3S. The van der Waals surface area contributed by atoms with E-state index in [2.05, 4.69) is 30.7 Å². The first-order chi connectivity index (χ1) is 17.5. The van der Waals surface area contributed by atoms with Gasteiger partial charge in [0.1, 0.15) is 4.83 Å². The van der Waals surface area contributed by atoms with Crippen LogP contribution in [0.3, 0.4) is 0 Å². The van der Waals surface area contributed by atoms with Gasteiger partial charge < -0.3 is 15.4 Å². The number of fused-ring (bicyclic) bond motifs is 2. The Morgan fingerprint density at radius 2 is 1.97 bits per heavy atom. The van der Waals surface area contributed by atoms with E-state index in [1.807, 2.05) is 24.0 Å². The molecule has 1 saturated heterocycles. The number of rotatable bonds is 6. The minimum atomic E-state index is -0.288. The molecule has 6 heterocycles. The standard InChI is InChI=1S/C24H26N8O3S/c1-15-19(8-16(9-25-15)28-22(33)13-30-4-2-3-5-30)29-23(34)18-11-27-32-12-21(36-24(18)32)17-10-26-31-6-7-35-14-20(17)31/h8-12H,2-7,13-14H2,1H3,(H,28,33)(H,29,34). The monoisotopic (exact) mass is 506 g/mol. The number of nitrogens with one attached hydrogen (secondary N) is 2. The van der Waals surface area contributed by atoms with Crippen LogP contribution in [0, 0.1) is 6.92 Å². The lowest BCUT2D eigenvalue weighted by Gasteiger charge is -2.15. The Labute approximate surface area is 211 Å². The van der Waals surface area contributed by atoms with Crippen LogP contribution in [-0.4, -0.2) is 67.3 Å². The van der Waals surface area contributed by atoms with E-state index in [1.54, 1.807) is 23.0 Å². The van der Waals surface area contributed by atoms with E-state index < -0.39 is 0 Å². The second-order valence-electron chi connectivity index (χ2n) is 9.03. The van der Waals surface area contributed by atoms with Crippen molar-refractivity contribution in [3.8, 4) is 10.4 Å². The first kappa shape index (κ1) is 22.8. The summed E-state index contributed by atoms with van der Waals surface area (Å²) in [4.78, 5) is 33.8. The van der Waals surface area contributed by atoms with Gasteiger partial charge in [-0.3, -0.25) is 24.2 Å². The molecule has 0 aromatic carbocycles. The highest BCUT2D eigenvalue weighted by atomic mass is 32.1. The topological polar surface area (TPSA) is 119 Å². The molecule has 6 rings (SSSR count). The van der Waals surface area contributed by atoms with E-state index in [0.717, 1.165) is 53.4 Å². The summed E-state index contributed by atoms with van der Waals surface area (Å²) in [5, 5.41) is 14.7. The van der Waals surface area contributed by atoms with Gasteiger partial charge >= 0.3 is 0 Å². The van der Waals surface area contributed by atoms with Gasteiger partial charge in [-0.05, 0) is 38.9 Å². The molecule has 0 bridgehead atoms. The van der Waals surface area contributed by atoms with Gasteiger partial charge in [0.05, 0.1) is 78.1 Å². The van der Waals surface area contributed by atoms with Gasteiger partial charge in [-0.15, -0.1) is 11.3 Å². The van der Waals surface area contributed by atoms with E-state index in [-0.39, 0.29) is 11.8 Å². The number of aryl methyl sites for hydroxylation is 1. The zero-order valence-corrected chi connectivity index (χ0v) is 20.7. The number of hydrogen-bond acceptors (Lipinski definition) is 8. The maximum absolute atomic E-state index is 13.2. The molecule has 2 amide bonds. The summed E-state index contributed by atoms with van der Waals surface area (Å²) in [6.45, 7) is 5.97. The highest BCUT2D eigenvalue weighted by molar-refractivity contribution is 7.21. The Balaban J connectivity index is 1.20. The van der Waals surface area contributed by atoms with Crippen molar-refractivity contribution in [1.82, 2.24) is 29.3 Å². The summed E-state index contributed by atoms with van der Waals surface area (Å²) in [6, 6.07) is 1.74. The van der Waals surface area contributed by atoms with Gasteiger partial charge in [-0.1, -0.05) is 0 Å². The predicted octanol–water partition coefficient (Wildman–Crippen LogP) is 2.78. The van der Waals surface area contributed by atoms with Crippen molar-refractivity contribution in [3.05, 3.63) is 47.8 Å². The molecule has 0 saturated carbocycles. The molecule has 11 nitrogen and oxygen atoms in total. The van der Waals surface area contributed by atoms with Crippen LogP contribution in [0.2, 0.25) is 0 Å². The molecule has 12 heteroatoms. The third-order valence-electron chi connectivity index (χ3n) is 6.53. The van der Waals surface area contributed by atoms with Gasteiger partial charge in [-0.2, -0.15) is 10.2 Å². The SMILES string of the molecule is Cc1ncc(NC(=O)CN2CCCC2)cc1NC(=O)c1cnn2cc(-c3cnn4c3COCC4)sc12. The van der Waals surface area contributed by atoms with Crippen LogP contribution in [0.5, 0.6) is 0 Å². The first-order valence-corrected chi connectivity index (χ1v) is 12.8. The molecule has 0 unspecified atom stereocenters. The van der Waals surface area contributed by atoms with Crippen molar-refractivity contribution >= 4 is 39.4 Å². The summed E-state index contributed by atoms with van der Waals surface area (Å²) in [5.74, 6) is -0.374. The van der Waals surface area contributed by atoms with Crippen molar-refractivity contribution in [3.63, 3.8) is 0 Å². The lowest BCUT2D eigenvalue weighted by molar-refractivity contribution is -0.117. The largest absolute Gasteiger partial charge is 0.373 e. The number of ether oxygens (including phenoxy) is 1. The Bertz CT molecular complexity index is 1450. The predicted molar refractivity (Wildman–Crippen MR) is 135 cm³/mol. The van der Waals surface area contributed by atoms with Gasteiger partial charge in [0.25, 0.3) is 5.91 Å². The number of pyridine rings is 1. The van der Waals surface area contributed by atoms with E-state index >= 15 is 0 Å². The molecule has 0 atom stereocenters. The van der Waals surface area contributed by atoms with Crippen LogP contribution in [0.1, 0.15) is 34.6 Å². The Kier molecular flexibility index (Phi) is 5.99. The van der Waals surface area contributed by atoms with E-state index in [0.29, 0.717) is 42.4 Å². The van der Waals surface area contributed by atoms with Crippen LogP contribution < -0.4 is 10.6 Å². The average molecular weight is 507 g/mol. The molecule has 2 N–H and O–H groups in total. The fourth-order valence-corrected chi connectivity index (χ4v) is 5.70. The van der Waals surface area contributed by atoms with Gasteiger partial charge in [0, 0.05) is 11.8 Å². The second-order valence-corrected chi connectivity index (χ2v) is 10.1. The number of hydrogen-bond donors (Lipinski definition) is 2. The number of likely N-dealkylation sites (tertiary alicyclic amines) is 1. The fraction of sp³-hybridized carbons (Fsp3) is 0.375. The van der Waals surface area contributed by atoms with Crippen molar-refractivity contribution in [1.29, 1.82) is 0 Å². The number of thiazole rings is 1. The second kappa shape index (κ2) is 9.45. The minimum absolute atomic E-state index is 0.0861. The van der Waals surface area contributed by atoms with Crippen LogP contribution in [-0.2, 0) is 22.7 Å². The molecule has 2 aliphatic rings. The molecule has 4 aromatic heterocycles. The smallest absolute Gasteiger partial charge is 0.260 e. The lowest BCUT2D eigenvalue weighted by Crippen LogP contribution is -2.30. The quantitative estimate of drug-likeness (QED) is 0.413. The van der Waals surface area contributed by atoms with Crippen molar-refractivity contribution in [2.45, 2.75) is 32.9 Å². The van der Waals surface area contributed by atoms with Gasteiger partial charge in [0.2, 0.25) is 5.91 Å². The molecule has 0 spiro atoms. The number of carbonyl (C=O) groups is 2. The number of anilines is 2. The summed E-state index contributed by atoms with van der Waals surface area (Å²) in [5.41, 5.74) is 4.23. The molecule has 1 fully saturated rings. The number of aromatic nitrogens is 5. The number of nitrogens with zero attached hydrogens (tertiary/aromatic N) is 6. The highest BCUT2D eigenvalue weighted by Crippen LogP contribution is 2.34. The molecule has 186 valence electrons. The van der Waals surface area contributed by atoms with Gasteiger partial charge in [0.15, 0.2) is 0 Å². The Hall–Kier alpha value is -3.61. The van der Waals surface area contributed by atoms with Crippen molar-refractivity contribution < 1.29 is 14.3 Å². The third kappa shape index (κ3) is 4.38. The number of carbonyl (C=O) groups excluding carboxylic acids is 2. The van der Waals surface area contributed by atoms with Crippen molar-refractivity contribution in [2.75, 3.05) is 36.9 Å². The van der Waals surface area contributed by atoms with Crippen LogP contribution in [0.15, 0.2) is 30.9 Å². The fourth-order valence-electron chi connectivity index (χ4n) is 4.61. The Morgan fingerprint density at radius 1 is 1.11 bits per heavy atom. The van der Waals surface area contributed by atoms with E-state index in [1.165, 1.54) is 11.3 Å². The average Bonchev–Trinajstić information content (AvgIpc) is 3.65. The van der Waals surface area contributed by atoms with Crippen LogP contribution >= 0.6 is 11.3 Å². The highest BCUT2D eigenvalue weighted by Gasteiger charge is 2.22. The summed E-state index contributed by atoms with van der Waals surface area (Å²) >= 11 is 1.48. The molecular weight excluding hydrogens is 480 g/mol. The maximum Gasteiger partial charge on any atom is 0.260 e. The van der Waals surface area contributed by atoms with E-state index in [9.17, 15) is 9.59 Å². The zero-order chi connectivity index (χ0) is 24.6. The summed E-state index contributed by atoms with van der Waals surface area (Å²) < 4.78 is 9.27. The van der Waals surface area contributed by atoms with Crippen LogP contribution in [0.25, 0.3) is 15.3 Å². The van der Waals surface area contributed by atoms with E-state index in [4.69, 9.17) is 4.74 Å². The first-order valence-electron chi connectivity index (χ1n) is 12.0. The zero-order valence-electron chi connectivity index (χ0n) is 19.9. The molecule has 2 aliphatic heterocycles. The molecule has 0 aliphatic carbocycles. The maximum atomic E-state index is 13.2. The summed E-state index contributed by atoms with van der Waals surface area (Å²) in [7, 11) is 0. The van der Waals surface area contributed by atoms with Crippen molar-refractivity contribution in [2.24, 2.45) is 0 Å². The molecule has 4 aromatic rings. The molecule has 0 radical (unpaired) electrons.